The molecule has 0 aromatic carbocycles. The van der Waals surface area contributed by atoms with E-state index in [2.05, 4.69) is 15.5 Å². The van der Waals surface area contributed by atoms with Gasteiger partial charge in [-0.15, -0.1) is 0 Å². The van der Waals surface area contributed by atoms with Crippen molar-refractivity contribution in [2.75, 3.05) is 6.54 Å². The Balaban J connectivity index is 0.995. The van der Waals surface area contributed by atoms with Crippen LogP contribution in [0.1, 0.15) is 90.4 Å². The molecular weight excluding hydrogens is 390 g/mol. The van der Waals surface area contributed by atoms with Gasteiger partial charge in [-0.05, 0) is 101 Å². The minimum atomic E-state index is -0.497. The summed E-state index contributed by atoms with van der Waals surface area (Å²) in [5.41, 5.74) is 0.0692. The van der Waals surface area contributed by atoms with Crippen molar-refractivity contribution in [3.63, 3.8) is 0 Å². The molecule has 0 spiro atoms. The average molecular weight is 428 g/mol. The highest BCUT2D eigenvalue weighted by Crippen LogP contribution is 2.64. The van der Waals surface area contributed by atoms with Crippen LogP contribution >= 0.6 is 0 Å². The molecule has 1 atom stereocenters. The number of rotatable bonds is 6. The Labute approximate surface area is 185 Å². The van der Waals surface area contributed by atoms with Gasteiger partial charge in [0.15, 0.2) is 0 Å². The van der Waals surface area contributed by atoms with Gasteiger partial charge >= 0.3 is 0 Å². The fourth-order valence-electron chi connectivity index (χ4n) is 9.04. The standard InChI is InChI=1S/C25H37N3O3/c1-16(26-20(29)12-23-9-17-6-18(10-23)8-19(7-17)11-23)22(31)27-24-13-25(14-24,15-24)28-5-3-2-4-21(28)30/h16-19H,2-15H2,1H3,(H,26,29)(H,27,31). The molecule has 0 aromatic rings. The van der Waals surface area contributed by atoms with Crippen molar-refractivity contribution in [3.05, 3.63) is 0 Å². The van der Waals surface area contributed by atoms with Crippen molar-refractivity contribution >= 4 is 17.7 Å². The van der Waals surface area contributed by atoms with Gasteiger partial charge in [-0.25, -0.2) is 0 Å². The molecule has 31 heavy (non-hydrogen) atoms. The molecule has 2 N–H and O–H groups in total. The van der Waals surface area contributed by atoms with Crippen LogP contribution in [0.4, 0.5) is 0 Å². The van der Waals surface area contributed by atoms with E-state index in [-0.39, 0.29) is 34.2 Å². The first kappa shape index (κ1) is 20.0. The highest BCUT2D eigenvalue weighted by molar-refractivity contribution is 5.88. The zero-order valence-electron chi connectivity index (χ0n) is 18.9. The SMILES string of the molecule is CC(NC(=O)CC12CC3CC(CC(C3)C1)C2)C(=O)NC12CC(N3CCCCC3=O)(C1)C2. The van der Waals surface area contributed by atoms with Crippen LogP contribution in [0, 0.1) is 23.2 Å². The summed E-state index contributed by atoms with van der Waals surface area (Å²) in [7, 11) is 0. The summed E-state index contributed by atoms with van der Waals surface area (Å²) in [5, 5.41) is 6.22. The zero-order valence-corrected chi connectivity index (χ0v) is 18.9. The van der Waals surface area contributed by atoms with Gasteiger partial charge in [0.1, 0.15) is 6.04 Å². The molecule has 8 fully saturated rings. The predicted octanol–water partition coefficient (Wildman–Crippen LogP) is 2.90. The van der Waals surface area contributed by atoms with Gasteiger partial charge in [0.25, 0.3) is 0 Å². The maximum absolute atomic E-state index is 12.9. The molecule has 0 aromatic heterocycles. The minimum absolute atomic E-state index is 0.00970. The van der Waals surface area contributed by atoms with Crippen molar-refractivity contribution in [2.45, 2.75) is 108 Å². The zero-order chi connectivity index (χ0) is 21.4. The molecule has 0 radical (unpaired) electrons. The number of carbonyl (C=O) groups excluding carboxylic acids is 3. The monoisotopic (exact) mass is 427 g/mol. The van der Waals surface area contributed by atoms with Crippen LogP contribution in [-0.4, -0.2) is 46.3 Å². The summed E-state index contributed by atoms with van der Waals surface area (Å²) >= 11 is 0. The number of carbonyl (C=O) groups is 3. The second-order valence-electron chi connectivity index (χ2n) is 12.4. The largest absolute Gasteiger partial charge is 0.349 e. The summed E-state index contributed by atoms with van der Waals surface area (Å²) < 4.78 is 0. The first-order valence-corrected chi connectivity index (χ1v) is 12.7. The van der Waals surface area contributed by atoms with Gasteiger partial charge in [0.05, 0.1) is 0 Å². The van der Waals surface area contributed by atoms with E-state index < -0.39 is 6.04 Å². The molecule has 7 saturated carbocycles. The van der Waals surface area contributed by atoms with Crippen molar-refractivity contribution in [2.24, 2.45) is 23.2 Å². The van der Waals surface area contributed by atoms with Crippen LogP contribution in [0.25, 0.3) is 0 Å². The second-order valence-corrected chi connectivity index (χ2v) is 12.4. The molecule has 1 aliphatic heterocycles. The van der Waals surface area contributed by atoms with Crippen LogP contribution < -0.4 is 10.6 Å². The Bertz CT molecular complexity index is 766. The first-order valence-electron chi connectivity index (χ1n) is 12.7. The lowest BCUT2D eigenvalue weighted by atomic mass is 9.43. The van der Waals surface area contributed by atoms with Crippen LogP contribution in [-0.2, 0) is 14.4 Å². The number of piperidine rings is 1. The fraction of sp³-hybridized carbons (Fsp3) is 0.880. The molecule has 7 aliphatic carbocycles. The summed E-state index contributed by atoms with van der Waals surface area (Å²) in [6.45, 7) is 2.68. The number of hydrogen-bond acceptors (Lipinski definition) is 3. The Kier molecular flexibility index (Phi) is 4.34. The predicted molar refractivity (Wildman–Crippen MR) is 116 cm³/mol. The van der Waals surface area contributed by atoms with E-state index in [9.17, 15) is 14.4 Å². The highest BCUT2D eigenvalue weighted by atomic mass is 16.2. The highest BCUT2D eigenvalue weighted by Gasteiger charge is 2.71. The van der Waals surface area contributed by atoms with Gasteiger partial charge in [0.2, 0.25) is 17.7 Å². The van der Waals surface area contributed by atoms with Crippen LogP contribution in [0.2, 0.25) is 0 Å². The molecule has 8 aliphatic rings. The fourth-order valence-corrected chi connectivity index (χ4v) is 9.04. The number of hydrogen-bond donors (Lipinski definition) is 2. The summed E-state index contributed by atoms with van der Waals surface area (Å²) in [4.78, 5) is 40.0. The van der Waals surface area contributed by atoms with E-state index in [1.165, 1.54) is 38.5 Å². The van der Waals surface area contributed by atoms with Gasteiger partial charge < -0.3 is 15.5 Å². The average Bonchev–Trinajstić information content (AvgIpc) is 2.62. The Hall–Kier alpha value is -1.59. The molecule has 3 amide bonds. The van der Waals surface area contributed by atoms with Crippen LogP contribution in [0.5, 0.6) is 0 Å². The topological polar surface area (TPSA) is 78.5 Å². The van der Waals surface area contributed by atoms with Crippen LogP contribution in [0.3, 0.4) is 0 Å². The maximum Gasteiger partial charge on any atom is 0.242 e. The molecule has 1 heterocycles. The number of amides is 3. The van der Waals surface area contributed by atoms with Crippen LogP contribution in [0.15, 0.2) is 0 Å². The third-order valence-electron chi connectivity index (χ3n) is 9.76. The molecule has 170 valence electrons. The third kappa shape index (κ3) is 3.22. The lowest BCUT2D eigenvalue weighted by Gasteiger charge is -2.74. The van der Waals surface area contributed by atoms with E-state index in [0.717, 1.165) is 56.4 Å². The minimum Gasteiger partial charge on any atom is -0.349 e. The quantitative estimate of drug-likeness (QED) is 0.684. The van der Waals surface area contributed by atoms with Crippen molar-refractivity contribution < 1.29 is 14.4 Å². The molecule has 6 nitrogen and oxygen atoms in total. The third-order valence-corrected chi connectivity index (χ3v) is 9.76. The Morgan fingerprint density at radius 3 is 2.23 bits per heavy atom. The number of likely N-dealkylation sites (tertiary alicyclic amines) is 1. The maximum atomic E-state index is 12.9. The van der Waals surface area contributed by atoms with E-state index in [0.29, 0.717) is 12.8 Å². The van der Waals surface area contributed by atoms with Crippen molar-refractivity contribution in [1.29, 1.82) is 0 Å². The molecule has 6 bridgehead atoms. The molecule has 1 saturated heterocycles. The molecule has 6 heteroatoms. The lowest BCUT2D eigenvalue weighted by molar-refractivity contribution is -0.195. The second kappa shape index (κ2) is 6.71. The summed E-state index contributed by atoms with van der Waals surface area (Å²) in [5.74, 6) is 2.78. The summed E-state index contributed by atoms with van der Waals surface area (Å²) in [6, 6.07) is -0.497. The molecule has 1 unspecified atom stereocenters. The Morgan fingerprint density at radius 2 is 1.65 bits per heavy atom. The Morgan fingerprint density at radius 1 is 1.03 bits per heavy atom. The van der Waals surface area contributed by atoms with Crippen molar-refractivity contribution in [1.82, 2.24) is 15.5 Å². The van der Waals surface area contributed by atoms with Gasteiger partial charge in [-0.2, -0.15) is 0 Å². The van der Waals surface area contributed by atoms with E-state index in [4.69, 9.17) is 0 Å². The van der Waals surface area contributed by atoms with Crippen molar-refractivity contribution in [3.8, 4) is 0 Å². The lowest BCUT2D eigenvalue weighted by Crippen LogP contribution is -2.85. The normalized spacial score (nSPS) is 45.5. The summed E-state index contributed by atoms with van der Waals surface area (Å²) in [6.07, 6.45) is 13.8. The number of nitrogens with one attached hydrogen (secondary N) is 2. The van der Waals surface area contributed by atoms with E-state index in [1.54, 1.807) is 0 Å². The first-order chi connectivity index (χ1) is 14.8. The van der Waals surface area contributed by atoms with Gasteiger partial charge in [-0.1, -0.05) is 0 Å². The van der Waals surface area contributed by atoms with Gasteiger partial charge in [-0.3, -0.25) is 14.4 Å². The van der Waals surface area contributed by atoms with Gasteiger partial charge in [0, 0.05) is 30.5 Å². The van der Waals surface area contributed by atoms with E-state index >= 15 is 0 Å². The molecular formula is C25H37N3O3. The van der Waals surface area contributed by atoms with E-state index in [1.807, 2.05) is 6.92 Å². The number of nitrogens with zero attached hydrogens (tertiary/aromatic N) is 1. The molecule has 8 rings (SSSR count). The smallest absolute Gasteiger partial charge is 0.242 e.